The van der Waals surface area contributed by atoms with Crippen molar-refractivity contribution in [1.29, 1.82) is 0 Å². The highest BCUT2D eigenvalue weighted by molar-refractivity contribution is 5.80. The Kier molecular flexibility index (Phi) is 3.04. The molecule has 0 amide bonds. The lowest BCUT2D eigenvalue weighted by Gasteiger charge is -2.15. The van der Waals surface area contributed by atoms with Gasteiger partial charge in [0.1, 0.15) is 17.4 Å². The summed E-state index contributed by atoms with van der Waals surface area (Å²) in [5.41, 5.74) is -1.71. The van der Waals surface area contributed by atoms with Crippen LogP contribution in [0.1, 0.15) is 13.8 Å². The first kappa shape index (κ1) is 11.6. The first-order valence-electron chi connectivity index (χ1n) is 4.20. The largest absolute Gasteiger partial charge is 0.424 e. The van der Waals surface area contributed by atoms with Gasteiger partial charge in [-0.3, -0.25) is 0 Å². The zero-order valence-corrected chi connectivity index (χ0v) is 8.25. The molecule has 3 nitrogen and oxygen atoms in total. The molecule has 0 bridgehead atoms. The topological polar surface area (TPSA) is 46.5 Å². The van der Waals surface area contributed by atoms with Crippen molar-refractivity contribution in [3.63, 3.8) is 0 Å². The third-order valence-electron chi connectivity index (χ3n) is 1.55. The minimum atomic E-state index is -1.71. The van der Waals surface area contributed by atoms with E-state index < -0.39 is 23.2 Å². The molecule has 0 saturated heterocycles. The Labute approximate surface area is 85.3 Å². The van der Waals surface area contributed by atoms with Crippen LogP contribution in [-0.2, 0) is 4.79 Å². The fourth-order valence-corrected chi connectivity index (χ4v) is 0.819. The van der Waals surface area contributed by atoms with E-state index in [9.17, 15) is 18.7 Å². The number of rotatable bonds is 2. The highest BCUT2D eigenvalue weighted by Crippen LogP contribution is 2.17. The molecule has 82 valence electrons. The fourth-order valence-electron chi connectivity index (χ4n) is 0.819. The van der Waals surface area contributed by atoms with Gasteiger partial charge in [0.05, 0.1) is 0 Å². The number of halogens is 2. The van der Waals surface area contributed by atoms with Crippen LogP contribution in [0.3, 0.4) is 0 Å². The van der Waals surface area contributed by atoms with Crippen LogP contribution in [0.4, 0.5) is 8.78 Å². The smallest absolute Gasteiger partial charge is 0.342 e. The van der Waals surface area contributed by atoms with Gasteiger partial charge in [-0.2, -0.15) is 0 Å². The molecule has 0 aliphatic heterocycles. The van der Waals surface area contributed by atoms with Crippen LogP contribution in [0.2, 0.25) is 0 Å². The maximum absolute atomic E-state index is 12.7. The second-order valence-corrected chi connectivity index (χ2v) is 3.55. The van der Waals surface area contributed by atoms with E-state index >= 15 is 0 Å². The zero-order chi connectivity index (χ0) is 11.6. The van der Waals surface area contributed by atoms with Gasteiger partial charge in [-0.25, -0.2) is 13.6 Å². The molecule has 15 heavy (non-hydrogen) atoms. The second-order valence-electron chi connectivity index (χ2n) is 3.55. The van der Waals surface area contributed by atoms with Gasteiger partial charge in [0.25, 0.3) is 0 Å². The molecule has 1 rings (SSSR count). The molecule has 1 N–H and O–H groups in total. The zero-order valence-electron chi connectivity index (χ0n) is 8.25. The van der Waals surface area contributed by atoms with Gasteiger partial charge in [-0.05, 0) is 13.8 Å². The predicted molar refractivity (Wildman–Crippen MR) is 48.3 cm³/mol. The fraction of sp³-hybridized carbons (Fsp3) is 0.300. The third kappa shape index (κ3) is 3.28. The summed E-state index contributed by atoms with van der Waals surface area (Å²) in [6, 6.07) is 2.36. The summed E-state index contributed by atoms with van der Waals surface area (Å²) in [6.07, 6.45) is 0. The van der Waals surface area contributed by atoms with Crippen molar-refractivity contribution >= 4 is 5.97 Å². The van der Waals surface area contributed by atoms with Crippen molar-refractivity contribution in [2.75, 3.05) is 0 Å². The normalized spacial score (nSPS) is 11.3. The van der Waals surface area contributed by atoms with Crippen LogP contribution in [0, 0.1) is 11.6 Å². The minimum Gasteiger partial charge on any atom is -0.424 e. The lowest BCUT2D eigenvalue weighted by Crippen LogP contribution is -2.35. The average molecular weight is 216 g/mol. The van der Waals surface area contributed by atoms with Crippen molar-refractivity contribution in [3.05, 3.63) is 29.8 Å². The lowest BCUT2D eigenvalue weighted by molar-refractivity contribution is -0.151. The maximum Gasteiger partial charge on any atom is 0.342 e. The van der Waals surface area contributed by atoms with Gasteiger partial charge in [0.15, 0.2) is 5.60 Å². The molecular formula is C10H10F2O3. The van der Waals surface area contributed by atoms with Crippen LogP contribution < -0.4 is 4.74 Å². The predicted octanol–water partition coefficient (Wildman–Crippen LogP) is 1.64. The number of esters is 1. The second kappa shape index (κ2) is 3.94. The van der Waals surface area contributed by atoms with E-state index in [0.717, 1.165) is 12.1 Å². The van der Waals surface area contributed by atoms with Crippen LogP contribution in [-0.4, -0.2) is 16.7 Å². The molecule has 0 aromatic heterocycles. The van der Waals surface area contributed by atoms with Crippen LogP contribution in [0.5, 0.6) is 5.75 Å². The summed E-state index contributed by atoms with van der Waals surface area (Å²) in [5, 5.41) is 9.22. The monoisotopic (exact) mass is 216 g/mol. The summed E-state index contributed by atoms with van der Waals surface area (Å²) >= 11 is 0. The molecule has 0 fully saturated rings. The van der Waals surface area contributed by atoms with E-state index in [-0.39, 0.29) is 5.75 Å². The van der Waals surface area contributed by atoms with Crippen molar-refractivity contribution in [1.82, 2.24) is 0 Å². The molecule has 1 aromatic carbocycles. The molecule has 5 heteroatoms. The molecule has 0 unspecified atom stereocenters. The van der Waals surface area contributed by atoms with Gasteiger partial charge in [0, 0.05) is 18.2 Å². The highest BCUT2D eigenvalue weighted by atomic mass is 19.1. The van der Waals surface area contributed by atoms with Crippen LogP contribution >= 0.6 is 0 Å². The number of carbonyl (C=O) groups excluding carboxylic acids is 1. The number of carbonyl (C=O) groups is 1. The molecule has 0 atom stereocenters. The first-order chi connectivity index (χ1) is 6.79. The third-order valence-corrected chi connectivity index (χ3v) is 1.55. The number of aliphatic hydroxyl groups is 1. The number of benzene rings is 1. The Morgan fingerprint density at radius 2 is 1.73 bits per heavy atom. The van der Waals surface area contributed by atoms with E-state index in [2.05, 4.69) is 4.74 Å². The quantitative estimate of drug-likeness (QED) is 0.603. The molecule has 0 saturated carbocycles. The molecule has 0 radical (unpaired) electrons. The standard InChI is InChI=1S/C10H10F2O3/c1-10(2,14)9(13)15-8-4-6(11)3-7(12)5-8/h3-5,14H,1-2H3. The van der Waals surface area contributed by atoms with Gasteiger partial charge in [-0.15, -0.1) is 0 Å². The lowest BCUT2D eigenvalue weighted by atomic mass is 10.1. The Bertz CT molecular complexity index is 362. The van der Waals surface area contributed by atoms with E-state index in [4.69, 9.17) is 0 Å². The van der Waals surface area contributed by atoms with Gasteiger partial charge in [0.2, 0.25) is 0 Å². The first-order valence-corrected chi connectivity index (χ1v) is 4.20. The van der Waals surface area contributed by atoms with Crippen LogP contribution in [0.25, 0.3) is 0 Å². The Morgan fingerprint density at radius 1 is 1.27 bits per heavy atom. The summed E-state index contributed by atoms with van der Waals surface area (Å²) in [4.78, 5) is 11.1. The SMILES string of the molecule is CC(C)(O)C(=O)Oc1cc(F)cc(F)c1. The maximum atomic E-state index is 12.7. The molecule has 0 spiro atoms. The number of hydrogen-bond acceptors (Lipinski definition) is 3. The molecule has 1 aromatic rings. The Hall–Kier alpha value is -1.49. The van der Waals surface area contributed by atoms with Gasteiger partial charge in [-0.1, -0.05) is 0 Å². The van der Waals surface area contributed by atoms with Crippen molar-refractivity contribution in [3.8, 4) is 5.75 Å². The van der Waals surface area contributed by atoms with Gasteiger partial charge >= 0.3 is 5.97 Å². The molecule has 0 heterocycles. The Balaban J connectivity index is 2.86. The minimum absolute atomic E-state index is 0.278. The van der Waals surface area contributed by atoms with E-state index in [0.29, 0.717) is 6.07 Å². The average Bonchev–Trinajstić information content (AvgIpc) is 1.99. The number of hydrogen-bond donors (Lipinski definition) is 1. The van der Waals surface area contributed by atoms with Crippen molar-refractivity contribution < 1.29 is 23.4 Å². The molecular weight excluding hydrogens is 206 g/mol. The van der Waals surface area contributed by atoms with E-state index in [1.54, 1.807) is 0 Å². The summed E-state index contributed by atoms with van der Waals surface area (Å²) in [5.74, 6) is -2.96. The molecule has 0 aliphatic carbocycles. The number of ether oxygens (including phenoxy) is 1. The summed E-state index contributed by atoms with van der Waals surface area (Å²) < 4.78 is 29.9. The van der Waals surface area contributed by atoms with E-state index in [1.807, 2.05) is 0 Å². The van der Waals surface area contributed by atoms with Crippen molar-refractivity contribution in [2.45, 2.75) is 19.4 Å². The van der Waals surface area contributed by atoms with Gasteiger partial charge < -0.3 is 9.84 Å². The Morgan fingerprint density at radius 3 is 2.13 bits per heavy atom. The van der Waals surface area contributed by atoms with Crippen LogP contribution in [0.15, 0.2) is 18.2 Å². The molecule has 0 aliphatic rings. The summed E-state index contributed by atoms with van der Waals surface area (Å²) in [7, 11) is 0. The highest BCUT2D eigenvalue weighted by Gasteiger charge is 2.26. The van der Waals surface area contributed by atoms with E-state index in [1.165, 1.54) is 13.8 Å². The van der Waals surface area contributed by atoms with Crippen molar-refractivity contribution in [2.24, 2.45) is 0 Å². The summed E-state index contributed by atoms with van der Waals surface area (Å²) in [6.45, 7) is 2.43.